The van der Waals surface area contributed by atoms with Crippen LogP contribution in [0.15, 0.2) is 0 Å². The molecule has 0 saturated carbocycles. The first-order valence-electron chi connectivity index (χ1n) is 5.95. The van der Waals surface area contributed by atoms with E-state index < -0.39 is 0 Å². The second-order valence-corrected chi connectivity index (χ2v) is 6.18. The molecule has 0 fully saturated rings. The van der Waals surface area contributed by atoms with Gasteiger partial charge in [0.15, 0.2) is 0 Å². The molecule has 116 valence electrons. The molecule has 0 bridgehead atoms. The molecular formula is C12H32Cl2N2O2. The van der Waals surface area contributed by atoms with Crippen LogP contribution in [0, 0.1) is 0 Å². The van der Waals surface area contributed by atoms with Crippen molar-refractivity contribution in [3.8, 4) is 0 Å². The minimum atomic E-state index is 0. The summed E-state index contributed by atoms with van der Waals surface area (Å²) in [5.41, 5.74) is 0. The molecule has 0 unspecified atom stereocenters. The molecule has 4 nitrogen and oxygen atoms in total. The summed E-state index contributed by atoms with van der Waals surface area (Å²) >= 11 is 0. The van der Waals surface area contributed by atoms with Gasteiger partial charge in [-0.25, -0.2) is 0 Å². The molecule has 0 atom stereocenters. The van der Waals surface area contributed by atoms with Gasteiger partial charge in [0, 0.05) is 26.1 Å². The maximum atomic E-state index is 8.42. The van der Waals surface area contributed by atoms with Crippen molar-refractivity contribution < 1.29 is 44.0 Å². The lowest BCUT2D eigenvalue weighted by Gasteiger charge is -2.22. The second kappa shape index (κ2) is 13.8. The van der Waals surface area contributed by atoms with E-state index in [0.717, 1.165) is 34.9 Å². The predicted molar refractivity (Wildman–Crippen MR) is 69.2 cm³/mol. The normalized spacial score (nSPS) is 10.7. The number of hydrogen-bond acceptors (Lipinski definition) is 2. The van der Waals surface area contributed by atoms with E-state index in [0.29, 0.717) is 13.2 Å². The van der Waals surface area contributed by atoms with Crippen molar-refractivity contribution in [2.24, 2.45) is 0 Å². The van der Waals surface area contributed by atoms with Crippen LogP contribution >= 0.6 is 0 Å². The van der Waals surface area contributed by atoms with Crippen LogP contribution in [0.4, 0.5) is 0 Å². The second-order valence-electron chi connectivity index (χ2n) is 6.18. The Balaban J connectivity index is -0.0000000980. The van der Waals surface area contributed by atoms with Gasteiger partial charge in [0.1, 0.15) is 0 Å². The number of halogens is 2. The fourth-order valence-electron chi connectivity index (χ4n) is 1.09. The van der Waals surface area contributed by atoms with Crippen molar-refractivity contribution in [1.29, 1.82) is 0 Å². The number of aliphatic hydroxyl groups excluding tert-OH is 2. The first-order chi connectivity index (χ1) is 7.12. The summed E-state index contributed by atoms with van der Waals surface area (Å²) in [7, 11) is 12.7. The molecule has 18 heavy (non-hydrogen) atoms. The van der Waals surface area contributed by atoms with Crippen LogP contribution in [0.3, 0.4) is 0 Å². The van der Waals surface area contributed by atoms with Crippen molar-refractivity contribution in [2.75, 3.05) is 68.6 Å². The van der Waals surface area contributed by atoms with Crippen LogP contribution in [0.2, 0.25) is 0 Å². The van der Waals surface area contributed by atoms with Crippen LogP contribution in [-0.2, 0) is 0 Å². The minimum Gasteiger partial charge on any atom is -1.00 e. The van der Waals surface area contributed by atoms with E-state index in [9.17, 15) is 0 Å². The minimum absolute atomic E-state index is 0. The summed E-state index contributed by atoms with van der Waals surface area (Å²) in [4.78, 5) is 0. The van der Waals surface area contributed by atoms with Crippen LogP contribution in [-0.4, -0.2) is 87.8 Å². The lowest BCUT2D eigenvalue weighted by Crippen LogP contribution is -3.00. The number of nitrogens with zero attached hydrogens (tertiary/aromatic N) is 2. The van der Waals surface area contributed by atoms with Gasteiger partial charge in [-0.1, -0.05) is 0 Å². The smallest absolute Gasteiger partial charge is 0.0802 e. The highest BCUT2D eigenvalue weighted by Crippen LogP contribution is 1.91. The van der Waals surface area contributed by atoms with Gasteiger partial charge >= 0.3 is 0 Å². The molecule has 0 spiro atoms. The summed E-state index contributed by atoms with van der Waals surface area (Å²) in [6, 6.07) is 0. The molecule has 0 aliphatic rings. The molecule has 0 saturated heterocycles. The standard InChI is InChI=1S/2C6H16NO.2ClH/c2*1-7(2,3)5-4-6-8;;/h2*8H,4-6H2,1-3H3;2*1H/q2*+1;;/p-2. The molecule has 6 heteroatoms. The van der Waals surface area contributed by atoms with E-state index in [2.05, 4.69) is 42.3 Å². The Morgan fingerprint density at radius 1 is 0.611 bits per heavy atom. The van der Waals surface area contributed by atoms with Gasteiger partial charge in [-0.05, 0) is 0 Å². The fraction of sp³-hybridized carbons (Fsp3) is 1.00. The third kappa shape index (κ3) is 36.0. The largest absolute Gasteiger partial charge is 1.00 e. The zero-order chi connectivity index (χ0) is 13.2. The van der Waals surface area contributed by atoms with E-state index in [4.69, 9.17) is 10.2 Å². The third-order valence-electron chi connectivity index (χ3n) is 1.97. The van der Waals surface area contributed by atoms with Crippen molar-refractivity contribution >= 4 is 0 Å². The van der Waals surface area contributed by atoms with Crippen molar-refractivity contribution in [1.82, 2.24) is 0 Å². The van der Waals surface area contributed by atoms with Gasteiger partial charge in [-0.2, -0.15) is 0 Å². The number of aliphatic hydroxyl groups is 2. The quantitative estimate of drug-likeness (QED) is 0.480. The van der Waals surface area contributed by atoms with Gasteiger partial charge in [0.2, 0.25) is 0 Å². The Labute approximate surface area is 126 Å². The topological polar surface area (TPSA) is 40.5 Å². The van der Waals surface area contributed by atoms with Crippen LogP contribution in [0.1, 0.15) is 12.8 Å². The van der Waals surface area contributed by atoms with E-state index in [1.54, 1.807) is 0 Å². The van der Waals surface area contributed by atoms with Crippen LogP contribution < -0.4 is 24.8 Å². The molecule has 0 rings (SSSR count). The molecule has 0 aromatic heterocycles. The van der Waals surface area contributed by atoms with Crippen molar-refractivity contribution in [2.45, 2.75) is 12.8 Å². The average molecular weight is 307 g/mol. The Bertz CT molecular complexity index is 139. The van der Waals surface area contributed by atoms with Gasteiger partial charge < -0.3 is 44.0 Å². The van der Waals surface area contributed by atoms with Gasteiger partial charge in [0.05, 0.1) is 55.4 Å². The highest BCUT2D eigenvalue weighted by atomic mass is 35.5. The summed E-state index contributed by atoms with van der Waals surface area (Å²) in [5.74, 6) is 0. The van der Waals surface area contributed by atoms with Crippen LogP contribution in [0.25, 0.3) is 0 Å². The third-order valence-corrected chi connectivity index (χ3v) is 1.97. The Morgan fingerprint density at radius 2 is 0.833 bits per heavy atom. The van der Waals surface area contributed by atoms with Gasteiger partial charge in [-0.3, -0.25) is 0 Å². The molecule has 0 heterocycles. The van der Waals surface area contributed by atoms with Crippen molar-refractivity contribution in [3.05, 3.63) is 0 Å². The lowest BCUT2D eigenvalue weighted by molar-refractivity contribution is -0.870. The Hall–Kier alpha value is 0.420. The molecule has 0 amide bonds. The number of rotatable bonds is 6. The zero-order valence-electron chi connectivity index (χ0n) is 12.8. The monoisotopic (exact) mass is 306 g/mol. The summed E-state index contributed by atoms with van der Waals surface area (Å²) in [5, 5.41) is 16.8. The fourth-order valence-corrected chi connectivity index (χ4v) is 1.09. The Kier molecular flexibility index (Phi) is 20.7. The van der Waals surface area contributed by atoms with E-state index >= 15 is 0 Å². The van der Waals surface area contributed by atoms with E-state index in [-0.39, 0.29) is 24.8 Å². The molecule has 0 radical (unpaired) electrons. The van der Waals surface area contributed by atoms with Gasteiger partial charge in [0.25, 0.3) is 0 Å². The van der Waals surface area contributed by atoms with E-state index in [1.807, 2.05) is 0 Å². The number of quaternary nitrogens is 2. The molecular weight excluding hydrogens is 275 g/mol. The summed E-state index contributed by atoms with van der Waals surface area (Å²) in [6.45, 7) is 2.73. The highest BCUT2D eigenvalue weighted by molar-refractivity contribution is 4.29. The first-order valence-corrected chi connectivity index (χ1v) is 5.95. The zero-order valence-corrected chi connectivity index (χ0v) is 14.3. The maximum absolute atomic E-state index is 8.42. The Morgan fingerprint density at radius 3 is 0.889 bits per heavy atom. The van der Waals surface area contributed by atoms with Crippen LogP contribution in [0.5, 0.6) is 0 Å². The molecule has 0 aliphatic carbocycles. The van der Waals surface area contributed by atoms with E-state index in [1.165, 1.54) is 0 Å². The summed E-state index contributed by atoms with van der Waals surface area (Å²) in [6.07, 6.45) is 1.81. The first kappa shape index (κ1) is 26.9. The van der Waals surface area contributed by atoms with Gasteiger partial charge in [-0.15, -0.1) is 0 Å². The predicted octanol–water partition coefficient (Wildman–Crippen LogP) is -5.84. The molecule has 0 aromatic rings. The maximum Gasteiger partial charge on any atom is 0.0802 e. The molecule has 0 aromatic carbocycles. The SMILES string of the molecule is C[N+](C)(C)CCCO.C[N+](C)(C)CCCO.[Cl-].[Cl-]. The summed E-state index contributed by atoms with van der Waals surface area (Å²) < 4.78 is 1.89. The highest BCUT2D eigenvalue weighted by Gasteiger charge is 2.04. The lowest BCUT2D eigenvalue weighted by atomic mass is 10.4. The van der Waals surface area contributed by atoms with Crippen molar-refractivity contribution in [3.63, 3.8) is 0 Å². The average Bonchev–Trinajstić information content (AvgIpc) is 2.10. The molecule has 2 N–H and O–H groups in total. The number of hydrogen-bond donors (Lipinski definition) is 2. The molecule has 0 aliphatic heterocycles.